The minimum Gasteiger partial charge on any atom is -0.465 e. The quantitative estimate of drug-likeness (QED) is 0.498. The van der Waals surface area contributed by atoms with Gasteiger partial charge in [-0.3, -0.25) is 4.79 Å². The van der Waals surface area contributed by atoms with Crippen LogP contribution in [0.5, 0.6) is 0 Å². The topological polar surface area (TPSA) is 48.0 Å². The number of nitrogens with zero attached hydrogens (tertiary/aromatic N) is 1. The third-order valence-electron chi connectivity index (χ3n) is 5.58. The third kappa shape index (κ3) is 5.67. The molecule has 2 aliphatic heterocycles. The van der Waals surface area contributed by atoms with E-state index in [4.69, 9.17) is 14.2 Å². The number of rotatable bonds is 8. The van der Waals surface area contributed by atoms with Crippen LogP contribution >= 0.6 is 12.4 Å². The van der Waals surface area contributed by atoms with E-state index >= 15 is 0 Å². The number of likely N-dealkylation sites (tertiary alicyclic amines) is 1. The van der Waals surface area contributed by atoms with Crippen molar-refractivity contribution < 1.29 is 19.0 Å². The molecule has 152 valence electrons. The van der Waals surface area contributed by atoms with Crippen molar-refractivity contribution in [2.75, 3.05) is 46.1 Å². The first-order valence-electron chi connectivity index (χ1n) is 9.89. The van der Waals surface area contributed by atoms with Gasteiger partial charge in [-0.15, -0.1) is 12.4 Å². The molecule has 1 aromatic rings. The second kappa shape index (κ2) is 11.0. The number of piperidine rings is 1. The summed E-state index contributed by atoms with van der Waals surface area (Å²) in [4.78, 5) is 15.1. The predicted molar refractivity (Wildman–Crippen MR) is 107 cm³/mol. The van der Waals surface area contributed by atoms with Gasteiger partial charge in [-0.05, 0) is 51.3 Å². The van der Waals surface area contributed by atoms with Crippen molar-refractivity contribution in [3.05, 3.63) is 35.9 Å². The number of carbonyl (C=O) groups excluding carboxylic acids is 1. The lowest BCUT2D eigenvalue weighted by Gasteiger charge is -2.40. The number of halogens is 1. The van der Waals surface area contributed by atoms with Crippen LogP contribution in [0.25, 0.3) is 0 Å². The second-order valence-electron chi connectivity index (χ2n) is 7.22. The Bertz CT molecular complexity index is 555. The SMILES string of the molecule is CCOC(=O)C1(c2ccccc2)CCN(CCOC[C@H]2CCCO2)CC1.Cl. The lowest BCUT2D eigenvalue weighted by atomic mass is 9.72. The highest BCUT2D eigenvalue weighted by Crippen LogP contribution is 2.36. The molecule has 0 aromatic heterocycles. The third-order valence-corrected chi connectivity index (χ3v) is 5.58. The summed E-state index contributed by atoms with van der Waals surface area (Å²) in [6, 6.07) is 10.1. The van der Waals surface area contributed by atoms with Gasteiger partial charge in [0.2, 0.25) is 0 Å². The average Bonchev–Trinajstić information content (AvgIpc) is 3.20. The van der Waals surface area contributed by atoms with E-state index in [2.05, 4.69) is 17.0 Å². The minimum atomic E-state index is -0.508. The number of benzene rings is 1. The van der Waals surface area contributed by atoms with E-state index in [1.165, 1.54) is 0 Å². The fourth-order valence-corrected chi connectivity index (χ4v) is 3.98. The Hall–Kier alpha value is -1.14. The summed E-state index contributed by atoms with van der Waals surface area (Å²) < 4.78 is 16.8. The van der Waals surface area contributed by atoms with Crippen LogP contribution in [0, 0.1) is 0 Å². The van der Waals surface area contributed by atoms with Gasteiger partial charge in [0.05, 0.1) is 31.3 Å². The van der Waals surface area contributed by atoms with E-state index in [1.807, 2.05) is 25.1 Å². The van der Waals surface area contributed by atoms with Crippen molar-refractivity contribution in [1.29, 1.82) is 0 Å². The zero-order valence-corrected chi connectivity index (χ0v) is 17.0. The van der Waals surface area contributed by atoms with E-state index in [9.17, 15) is 4.79 Å². The summed E-state index contributed by atoms with van der Waals surface area (Å²) in [6.07, 6.45) is 4.13. The molecule has 2 aliphatic rings. The van der Waals surface area contributed by atoms with E-state index in [0.29, 0.717) is 13.2 Å². The Morgan fingerprint density at radius 2 is 2.00 bits per heavy atom. The van der Waals surface area contributed by atoms with Crippen molar-refractivity contribution in [3.8, 4) is 0 Å². The Kier molecular flexibility index (Phi) is 9.03. The molecule has 0 radical (unpaired) electrons. The molecule has 1 aromatic carbocycles. The number of hydrogen-bond acceptors (Lipinski definition) is 5. The van der Waals surface area contributed by atoms with Gasteiger partial charge in [0.25, 0.3) is 0 Å². The molecule has 0 N–H and O–H groups in total. The monoisotopic (exact) mass is 397 g/mol. The first-order valence-corrected chi connectivity index (χ1v) is 9.89. The van der Waals surface area contributed by atoms with Crippen LogP contribution in [-0.2, 0) is 24.4 Å². The molecule has 6 heteroatoms. The number of ether oxygens (including phenoxy) is 3. The summed E-state index contributed by atoms with van der Waals surface area (Å²) in [7, 11) is 0. The molecule has 2 heterocycles. The van der Waals surface area contributed by atoms with Crippen LogP contribution in [-0.4, -0.2) is 63.0 Å². The van der Waals surface area contributed by atoms with Crippen molar-refractivity contribution in [1.82, 2.24) is 4.90 Å². The van der Waals surface area contributed by atoms with Gasteiger partial charge in [0, 0.05) is 13.2 Å². The molecule has 0 aliphatic carbocycles. The molecule has 1 atom stereocenters. The highest BCUT2D eigenvalue weighted by atomic mass is 35.5. The Labute approximate surface area is 168 Å². The maximum Gasteiger partial charge on any atom is 0.316 e. The van der Waals surface area contributed by atoms with Gasteiger partial charge in [-0.1, -0.05) is 30.3 Å². The van der Waals surface area contributed by atoms with Crippen molar-refractivity contribution in [3.63, 3.8) is 0 Å². The zero-order chi connectivity index (χ0) is 18.2. The fourth-order valence-electron chi connectivity index (χ4n) is 3.98. The van der Waals surface area contributed by atoms with E-state index < -0.39 is 5.41 Å². The molecule has 0 bridgehead atoms. The van der Waals surface area contributed by atoms with E-state index in [-0.39, 0.29) is 24.5 Å². The molecule has 0 saturated carbocycles. The molecule has 2 saturated heterocycles. The summed E-state index contributed by atoms with van der Waals surface area (Å²) >= 11 is 0. The number of carbonyl (C=O) groups is 1. The highest BCUT2D eigenvalue weighted by molar-refractivity contribution is 5.85. The molecule has 2 fully saturated rings. The van der Waals surface area contributed by atoms with Crippen LogP contribution < -0.4 is 0 Å². The molecule has 0 amide bonds. The Balaban J connectivity index is 0.00000261. The van der Waals surface area contributed by atoms with Crippen LogP contribution in [0.15, 0.2) is 30.3 Å². The zero-order valence-electron chi connectivity index (χ0n) is 16.2. The van der Waals surface area contributed by atoms with Crippen LogP contribution in [0.4, 0.5) is 0 Å². The summed E-state index contributed by atoms with van der Waals surface area (Å²) in [5, 5.41) is 0. The van der Waals surface area contributed by atoms with E-state index in [1.54, 1.807) is 0 Å². The van der Waals surface area contributed by atoms with E-state index in [0.717, 1.165) is 64.1 Å². The Morgan fingerprint density at radius 3 is 2.63 bits per heavy atom. The summed E-state index contributed by atoms with van der Waals surface area (Å²) in [5.74, 6) is -0.0829. The first-order chi connectivity index (χ1) is 12.7. The smallest absolute Gasteiger partial charge is 0.316 e. The average molecular weight is 398 g/mol. The first kappa shape index (κ1) is 22.2. The van der Waals surface area contributed by atoms with Crippen LogP contribution in [0.2, 0.25) is 0 Å². The van der Waals surface area contributed by atoms with Gasteiger partial charge in [-0.2, -0.15) is 0 Å². The molecular weight excluding hydrogens is 366 g/mol. The maximum atomic E-state index is 12.8. The van der Waals surface area contributed by atoms with Gasteiger partial charge in [0.15, 0.2) is 0 Å². The summed E-state index contributed by atoms with van der Waals surface area (Å²) in [6.45, 7) is 7.26. The van der Waals surface area contributed by atoms with Crippen molar-refractivity contribution >= 4 is 18.4 Å². The van der Waals surface area contributed by atoms with Gasteiger partial charge < -0.3 is 19.1 Å². The molecule has 5 nitrogen and oxygen atoms in total. The second-order valence-corrected chi connectivity index (χ2v) is 7.22. The van der Waals surface area contributed by atoms with Crippen LogP contribution in [0.1, 0.15) is 38.2 Å². The molecule has 27 heavy (non-hydrogen) atoms. The molecular formula is C21H32ClNO4. The highest BCUT2D eigenvalue weighted by Gasteiger charge is 2.44. The summed E-state index contributed by atoms with van der Waals surface area (Å²) in [5.41, 5.74) is 0.569. The Morgan fingerprint density at radius 1 is 1.26 bits per heavy atom. The molecule has 0 spiro atoms. The minimum absolute atomic E-state index is 0. The van der Waals surface area contributed by atoms with Crippen molar-refractivity contribution in [2.24, 2.45) is 0 Å². The van der Waals surface area contributed by atoms with Crippen molar-refractivity contribution in [2.45, 2.75) is 44.1 Å². The van der Waals surface area contributed by atoms with Gasteiger partial charge >= 0.3 is 5.97 Å². The predicted octanol–water partition coefficient (Wildman–Crippen LogP) is 3.20. The van der Waals surface area contributed by atoms with Crippen LogP contribution in [0.3, 0.4) is 0 Å². The largest absolute Gasteiger partial charge is 0.465 e. The standard InChI is InChI=1S/C21H31NO4.ClH/c1-2-25-20(23)21(18-7-4-3-5-8-18)10-12-22(13-11-21)14-16-24-17-19-9-6-15-26-19;/h3-5,7-8,19H,2,6,9-17H2,1H3;1H/t19-;/m1./s1. The lowest BCUT2D eigenvalue weighted by molar-refractivity contribution is -0.152. The maximum absolute atomic E-state index is 12.8. The molecule has 0 unspecified atom stereocenters. The molecule has 3 rings (SSSR count). The van der Waals surface area contributed by atoms with Gasteiger partial charge in [-0.25, -0.2) is 0 Å². The van der Waals surface area contributed by atoms with Gasteiger partial charge in [0.1, 0.15) is 0 Å². The fraction of sp³-hybridized carbons (Fsp3) is 0.667. The normalized spacial score (nSPS) is 22.2. The number of esters is 1. The number of hydrogen-bond donors (Lipinski definition) is 0. The lowest BCUT2D eigenvalue weighted by Crippen LogP contribution is -2.48.